The Bertz CT molecular complexity index is 996. The third-order valence-corrected chi connectivity index (χ3v) is 5.05. The first-order valence-corrected chi connectivity index (χ1v) is 10.1. The van der Waals surface area contributed by atoms with Crippen molar-refractivity contribution in [3.8, 4) is 22.9 Å². The van der Waals surface area contributed by atoms with E-state index in [-0.39, 0.29) is 18.1 Å². The van der Waals surface area contributed by atoms with Gasteiger partial charge in [-0.3, -0.25) is 4.79 Å². The molecule has 156 valence electrons. The van der Waals surface area contributed by atoms with Gasteiger partial charge >= 0.3 is 0 Å². The predicted molar refractivity (Wildman–Crippen MR) is 111 cm³/mol. The standard InChI is InChI=1S/C23H25N3O4/c1-15(2)29-19-10-6-17(7-11-19)22-24-23(30-25-22)20-12-13-21(27)26(20)14-16-4-8-18(28-3)9-5-16/h4-11,15,20H,12-14H2,1-3H3. The molecule has 1 amide bonds. The molecule has 0 aliphatic carbocycles. The monoisotopic (exact) mass is 407 g/mol. The Morgan fingerprint density at radius 2 is 1.80 bits per heavy atom. The SMILES string of the molecule is COc1ccc(CN2C(=O)CCC2c2nc(-c3ccc(OC(C)C)cc3)no2)cc1. The summed E-state index contributed by atoms with van der Waals surface area (Å²) in [6, 6.07) is 15.1. The van der Waals surface area contributed by atoms with Gasteiger partial charge in [0, 0.05) is 18.5 Å². The number of likely N-dealkylation sites (tertiary alicyclic amines) is 1. The average molecular weight is 407 g/mol. The number of ether oxygens (including phenoxy) is 2. The fraction of sp³-hybridized carbons (Fsp3) is 0.348. The second-order valence-electron chi connectivity index (χ2n) is 7.57. The molecule has 1 atom stereocenters. The van der Waals surface area contributed by atoms with E-state index in [2.05, 4.69) is 10.1 Å². The summed E-state index contributed by atoms with van der Waals surface area (Å²) in [6.45, 7) is 4.46. The number of nitrogens with zero attached hydrogens (tertiary/aromatic N) is 3. The molecule has 3 aromatic rings. The van der Waals surface area contributed by atoms with Gasteiger partial charge < -0.3 is 18.9 Å². The van der Waals surface area contributed by atoms with Crippen molar-refractivity contribution in [1.29, 1.82) is 0 Å². The molecule has 2 heterocycles. The van der Waals surface area contributed by atoms with Crippen molar-refractivity contribution in [3.63, 3.8) is 0 Å². The number of aromatic nitrogens is 2. The molecule has 1 saturated heterocycles. The summed E-state index contributed by atoms with van der Waals surface area (Å²) >= 11 is 0. The quantitative estimate of drug-likeness (QED) is 0.578. The van der Waals surface area contributed by atoms with Gasteiger partial charge in [-0.1, -0.05) is 17.3 Å². The summed E-state index contributed by atoms with van der Waals surface area (Å²) in [5, 5.41) is 4.13. The molecule has 0 bridgehead atoms. The molecular formula is C23H25N3O4. The van der Waals surface area contributed by atoms with Gasteiger partial charge in [-0.2, -0.15) is 4.98 Å². The summed E-state index contributed by atoms with van der Waals surface area (Å²) in [6.07, 6.45) is 1.25. The van der Waals surface area contributed by atoms with E-state index in [9.17, 15) is 4.79 Å². The van der Waals surface area contributed by atoms with Crippen LogP contribution in [0.4, 0.5) is 0 Å². The van der Waals surface area contributed by atoms with E-state index in [1.165, 1.54) is 0 Å². The van der Waals surface area contributed by atoms with Crippen LogP contribution in [0, 0.1) is 0 Å². The first kappa shape index (κ1) is 19.9. The molecule has 30 heavy (non-hydrogen) atoms. The van der Waals surface area contributed by atoms with Crippen LogP contribution in [0.25, 0.3) is 11.4 Å². The molecule has 0 radical (unpaired) electrons. The van der Waals surface area contributed by atoms with Crippen LogP contribution in [0.5, 0.6) is 11.5 Å². The van der Waals surface area contributed by atoms with E-state index in [1.807, 2.05) is 62.4 Å². The molecule has 0 spiro atoms. The van der Waals surface area contributed by atoms with Gasteiger partial charge in [-0.15, -0.1) is 0 Å². The number of hydrogen-bond donors (Lipinski definition) is 0. The molecule has 0 N–H and O–H groups in total. The highest BCUT2D eigenvalue weighted by Crippen LogP contribution is 2.34. The highest BCUT2D eigenvalue weighted by molar-refractivity contribution is 5.78. The maximum absolute atomic E-state index is 12.5. The van der Waals surface area contributed by atoms with Gasteiger partial charge in [0.15, 0.2) is 0 Å². The Balaban J connectivity index is 1.50. The average Bonchev–Trinajstić information content (AvgIpc) is 3.36. The Morgan fingerprint density at radius 1 is 1.10 bits per heavy atom. The summed E-state index contributed by atoms with van der Waals surface area (Å²) in [5.74, 6) is 2.64. The number of carbonyl (C=O) groups excluding carboxylic acids is 1. The minimum Gasteiger partial charge on any atom is -0.497 e. The van der Waals surface area contributed by atoms with Crippen molar-refractivity contribution >= 4 is 5.91 Å². The van der Waals surface area contributed by atoms with Gasteiger partial charge in [0.05, 0.1) is 13.2 Å². The Kier molecular flexibility index (Phi) is 5.70. The maximum atomic E-state index is 12.5. The number of amides is 1. The van der Waals surface area contributed by atoms with Crippen LogP contribution >= 0.6 is 0 Å². The normalized spacial score (nSPS) is 16.3. The Hall–Kier alpha value is -3.35. The molecule has 1 aliphatic heterocycles. The molecule has 1 unspecified atom stereocenters. The van der Waals surface area contributed by atoms with Gasteiger partial charge in [-0.25, -0.2) is 0 Å². The lowest BCUT2D eigenvalue weighted by Crippen LogP contribution is -2.27. The van der Waals surface area contributed by atoms with E-state index >= 15 is 0 Å². The van der Waals surface area contributed by atoms with Crippen LogP contribution in [-0.2, 0) is 11.3 Å². The highest BCUT2D eigenvalue weighted by Gasteiger charge is 2.36. The van der Waals surface area contributed by atoms with Crippen LogP contribution in [0.3, 0.4) is 0 Å². The molecule has 7 nitrogen and oxygen atoms in total. The minimum atomic E-state index is -0.218. The van der Waals surface area contributed by atoms with Crippen LogP contribution in [-0.4, -0.2) is 34.2 Å². The number of hydrogen-bond acceptors (Lipinski definition) is 6. The number of rotatable bonds is 7. The van der Waals surface area contributed by atoms with Crippen LogP contribution < -0.4 is 9.47 Å². The second kappa shape index (κ2) is 8.57. The molecular weight excluding hydrogens is 382 g/mol. The van der Waals surface area contributed by atoms with Gasteiger partial charge in [0.1, 0.15) is 17.5 Å². The zero-order valence-corrected chi connectivity index (χ0v) is 17.4. The first-order chi connectivity index (χ1) is 14.5. The molecule has 4 rings (SSSR count). The zero-order chi connectivity index (χ0) is 21.1. The maximum Gasteiger partial charge on any atom is 0.249 e. The topological polar surface area (TPSA) is 77.7 Å². The van der Waals surface area contributed by atoms with Crippen LogP contribution in [0.1, 0.15) is 44.2 Å². The fourth-order valence-electron chi connectivity index (χ4n) is 3.56. The second-order valence-corrected chi connectivity index (χ2v) is 7.57. The minimum absolute atomic E-state index is 0.0887. The first-order valence-electron chi connectivity index (χ1n) is 10.1. The van der Waals surface area contributed by atoms with E-state index < -0.39 is 0 Å². The Morgan fingerprint density at radius 3 is 2.47 bits per heavy atom. The lowest BCUT2D eigenvalue weighted by atomic mass is 10.1. The van der Waals surface area contributed by atoms with E-state index in [1.54, 1.807) is 12.0 Å². The summed E-state index contributed by atoms with van der Waals surface area (Å²) in [7, 11) is 1.63. The number of carbonyl (C=O) groups is 1. The lowest BCUT2D eigenvalue weighted by Gasteiger charge is -2.22. The molecule has 1 fully saturated rings. The fourth-order valence-corrected chi connectivity index (χ4v) is 3.56. The summed E-state index contributed by atoms with van der Waals surface area (Å²) in [4.78, 5) is 18.9. The molecule has 1 aromatic heterocycles. The van der Waals surface area contributed by atoms with Crippen molar-refractivity contribution in [3.05, 3.63) is 60.0 Å². The van der Waals surface area contributed by atoms with Crippen molar-refractivity contribution in [2.45, 2.75) is 45.4 Å². The van der Waals surface area contributed by atoms with Crippen molar-refractivity contribution in [2.75, 3.05) is 7.11 Å². The number of benzene rings is 2. The van der Waals surface area contributed by atoms with Gasteiger partial charge in [0.25, 0.3) is 0 Å². The van der Waals surface area contributed by atoms with Crippen molar-refractivity contribution in [1.82, 2.24) is 15.0 Å². The van der Waals surface area contributed by atoms with Gasteiger partial charge in [0.2, 0.25) is 17.6 Å². The molecule has 7 heteroatoms. The molecule has 2 aromatic carbocycles. The van der Waals surface area contributed by atoms with Crippen LogP contribution in [0.2, 0.25) is 0 Å². The predicted octanol–water partition coefficient (Wildman–Crippen LogP) is 4.40. The smallest absolute Gasteiger partial charge is 0.249 e. The third-order valence-electron chi connectivity index (χ3n) is 5.05. The lowest BCUT2D eigenvalue weighted by molar-refractivity contribution is -0.129. The van der Waals surface area contributed by atoms with E-state index in [4.69, 9.17) is 14.0 Å². The molecule has 0 saturated carbocycles. The Labute approximate surface area is 175 Å². The summed E-state index contributed by atoms with van der Waals surface area (Å²) < 4.78 is 16.4. The zero-order valence-electron chi connectivity index (χ0n) is 17.4. The van der Waals surface area contributed by atoms with Crippen molar-refractivity contribution < 1.29 is 18.8 Å². The van der Waals surface area contributed by atoms with E-state index in [0.717, 1.165) is 22.6 Å². The van der Waals surface area contributed by atoms with Crippen LogP contribution in [0.15, 0.2) is 53.1 Å². The molecule has 1 aliphatic rings. The largest absolute Gasteiger partial charge is 0.497 e. The number of methoxy groups -OCH3 is 1. The highest BCUT2D eigenvalue weighted by atomic mass is 16.5. The third kappa shape index (κ3) is 4.30. The van der Waals surface area contributed by atoms with Crippen molar-refractivity contribution in [2.24, 2.45) is 0 Å². The van der Waals surface area contributed by atoms with E-state index in [0.29, 0.717) is 31.1 Å². The summed E-state index contributed by atoms with van der Waals surface area (Å²) in [5.41, 5.74) is 1.86. The van der Waals surface area contributed by atoms with Gasteiger partial charge in [-0.05, 0) is 62.2 Å².